The van der Waals surface area contributed by atoms with Crippen molar-refractivity contribution in [3.05, 3.63) is 76.6 Å². The Bertz CT molecular complexity index is 1860. The highest BCUT2D eigenvalue weighted by atomic mass is 32.1. The number of nitro benzene ring substituents is 1. The highest BCUT2D eigenvalue weighted by molar-refractivity contribution is 7.18. The minimum absolute atomic E-state index is 0.0117. The number of rotatable bonds is 7. The fraction of sp³-hybridized carbons (Fsp3) is 0.267. The van der Waals surface area contributed by atoms with Gasteiger partial charge < -0.3 is 19.7 Å². The molecule has 0 bridgehead atoms. The lowest BCUT2D eigenvalue weighted by atomic mass is 10.2. The normalized spacial score (nSPS) is 15.2. The number of halogens is 1. The number of nitro groups is 1. The minimum Gasteiger partial charge on any atom is -0.366 e. The highest BCUT2D eigenvalue weighted by Gasteiger charge is 2.30. The van der Waals surface area contributed by atoms with Crippen LogP contribution in [0.2, 0.25) is 0 Å². The molecule has 0 radical (unpaired) electrons. The van der Waals surface area contributed by atoms with Crippen LogP contribution in [-0.2, 0) is 4.79 Å². The van der Waals surface area contributed by atoms with Crippen LogP contribution in [0.15, 0.2) is 60.7 Å². The lowest BCUT2D eigenvalue weighted by Crippen LogP contribution is -2.48. The Morgan fingerprint density at radius 2 is 1.79 bits per heavy atom. The van der Waals surface area contributed by atoms with Crippen molar-refractivity contribution in [1.29, 1.82) is 0 Å². The van der Waals surface area contributed by atoms with Crippen LogP contribution in [0.25, 0.3) is 33.0 Å². The van der Waals surface area contributed by atoms with E-state index in [2.05, 4.69) is 31.0 Å². The van der Waals surface area contributed by atoms with Gasteiger partial charge in [-0.05, 0) is 49.2 Å². The number of piperazine rings is 1. The third-order valence-corrected chi connectivity index (χ3v) is 8.75. The second-order valence-electron chi connectivity index (χ2n) is 10.7. The third kappa shape index (κ3) is 5.27. The van der Waals surface area contributed by atoms with Gasteiger partial charge in [0.25, 0.3) is 5.69 Å². The molecule has 5 aromatic rings. The Morgan fingerprint density at radius 3 is 2.47 bits per heavy atom. The van der Waals surface area contributed by atoms with Gasteiger partial charge in [0, 0.05) is 62.4 Å². The van der Waals surface area contributed by atoms with Crippen molar-refractivity contribution < 1.29 is 14.1 Å². The number of aromatic nitrogens is 4. The molecule has 3 heterocycles. The number of nitrogens with zero attached hydrogens (tertiary/aromatic N) is 7. The van der Waals surface area contributed by atoms with E-state index in [0.717, 1.165) is 52.2 Å². The van der Waals surface area contributed by atoms with Crippen LogP contribution in [-0.4, -0.2) is 61.7 Å². The molecule has 2 fully saturated rings. The molecule has 1 aliphatic carbocycles. The van der Waals surface area contributed by atoms with Crippen molar-refractivity contribution in [3.63, 3.8) is 0 Å². The summed E-state index contributed by atoms with van der Waals surface area (Å²) in [5, 5.41) is 24.3. The smallest absolute Gasteiger partial charge is 0.269 e. The summed E-state index contributed by atoms with van der Waals surface area (Å²) in [5.74, 6) is 0.490. The van der Waals surface area contributed by atoms with Crippen molar-refractivity contribution in [2.75, 3.05) is 36.4 Å². The quantitative estimate of drug-likeness (QED) is 0.178. The molecule has 218 valence electrons. The third-order valence-electron chi connectivity index (χ3n) is 7.86. The maximum absolute atomic E-state index is 14.2. The number of non-ortho nitro benzene ring substituents is 1. The monoisotopic (exact) mass is 598 g/mol. The minimum atomic E-state index is -0.436. The van der Waals surface area contributed by atoms with E-state index in [4.69, 9.17) is 4.98 Å². The van der Waals surface area contributed by atoms with Crippen LogP contribution in [0.5, 0.6) is 0 Å². The van der Waals surface area contributed by atoms with Gasteiger partial charge in [0.05, 0.1) is 27.3 Å². The molecule has 7 rings (SSSR count). The van der Waals surface area contributed by atoms with E-state index in [9.17, 15) is 19.3 Å². The number of carbonyl (C=O) groups is 1. The van der Waals surface area contributed by atoms with Crippen molar-refractivity contribution in [2.45, 2.75) is 25.8 Å². The lowest BCUT2D eigenvalue weighted by Gasteiger charge is -2.36. The van der Waals surface area contributed by atoms with Gasteiger partial charge >= 0.3 is 0 Å². The van der Waals surface area contributed by atoms with Gasteiger partial charge in [0.15, 0.2) is 0 Å². The predicted molar refractivity (Wildman–Crippen MR) is 163 cm³/mol. The fourth-order valence-electron chi connectivity index (χ4n) is 5.52. The molecular formula is C30H27FN8O3S. The number of imidazole rings is 1. The number of benzene rings is 3. The molecule has 1 aliphatic heterocycles. The number of carbonyl (C=O) groups excluding carboxylic acids is 1. The maximum Gasteiger partial charge on any atom is 0.269 e. The molecule has 11 nitrogen and oxygen atoms in total. The van der Waals surface area contributed by atoms with E-state index in [0.29, 0.717) is 42.4 Å². The van der Waals surface area contributed by atoms with Gasteiger partial charge in [-0.15, -0.1) is 10.2 Å². The van der Waals surface area contributed by atoms with Crippen molar-refractivity contribution >= 4 is 50.5 Å². The Balaban J connectivity index is 1.29. The summed E-state index contributed by atoms with van der Waals surface area (Å²) in [4.78, 5) is 31.7. The van der Waals surface area contributed by atoms with Gasteiger partial charge in [-0.2, -0.15) is 0 Å². The number of hydrogen-bond acceptors (Lipinski definition) is 9. The summed E-state index contributed by atoms with van der Waals surface area (Å²) in [6.07, 6.45) is 2.08. The molecule has 1 amide bonds. The SMILES string of the molecule is CC(=O)N1CCN(c2cc3c(cc2Nc2nnc(-c4ccc([N+](=O)[O-])cc4)s2)nc(-c2cccc(F)c2)n3C2CC2)CC1. The highest BCUT2D eigenvalue weighted by Crippen LogP contribution is 2.44. The first kappa shape index (κ1) is 27.0. The van der Waals surface area contributed by atoms with E-state index in [1.807, 2.05) is 17.0 Å². The Labute approximate surface area is 249 Å². The molecule has 1 saturated heterocycles. The van der Waals surface area contributed by atoms with Crippen molar-refractivity contribution in [1.82, 2.24) is 24.6 Å². The number of fused-ring (bicyclic) bond motifs is 1. The largest absolute Gasteiger partial charge is 0.366 e. The first-order valence-electron chi connectivity index (χ1n) is 14.0. The molecule has 43 heavy (non-hydrogen) atoms. The van der Waals surface area contributed by atoms with Gasteiger partial charge in [-0.1, -0.05) is 23.5 Å². The summed E-state index contributed by atoms with van der Waals surface area (Å²) < 4.78 is 16.4. The van der Waals surface area contributed by atoms with Crippen molar-refractivity contribution in [3.8, 4) is 22.0 Å². The van der Waals surface area contributed by atoms with Crippen LogP contribution in [0.1, 0.15) is 25.8 Å². The Kier molecular flexibility index (Phi) is 6.73. The van der Waals surface area contributed by atoms with Crippen LogP contribution in [0, 0.1) is 15.9 Å². The van der Waals surface area contributed by atoms with E-state index in [1.54, 1.807) is 25.1 Å². The Hall–Kier alpha value is -4.91. The molecule has 1 N–H and O–H groups in total. The zero-order valence-corrected chi connectivity index (χ0v) is 24.1. The van der Waals surface area contributed by atoms with Gasteiger partial charge in [-0.25, -0.2) is 9.37 Å². The molecule has 0 atom stereocenters. The first-order chi connectivity index (χ1) is 20.8. The molecular weight excluding hydrogens is 571 g/mol. The second kappa shape index (κ2) is 10.7. The standard InChI is InChI=1S/C30H27FN8O3S/c1-18(40)36-11-13-37(14-12-36)26-17-27-25(32-28(38(27)22-9-10-22)20-3-2-4-21(31)15-20)16-24(26)33-30-35-34-29(43-30)19-5-7-23(8-6-19)39(41)42/h2-8,15-17,22H,9-14H2,1H3,(H,33,35). The van der Waals surface area contributed by atoms with E-state index >= 15 is 0 Å². The molecule has 1 saturated carbocycles. The number of nitrogens with one attached hydrogen (secondary N) is 1. The number of amides is 1. The molecule has 2 aromatic heterocycles. The molecule has 0 unspecified atom stereocenters. The number of anilines is 3. The summed E-state index contributed by atoms with van der Waals surface area (Å²) in [6, 6.07) is 17.2. The van der Waals surface area contributed by atoms with Crippen molar-refractivity contribution in [2.24, 2.45) is 0 Å². The lowest BCUT2D eigenvalue weighted by molar-refractivity contribution is -0.384. The second-order valence-corrected chi connectivity index (χ2v) is 11.7. The number of hydrogen-bond donors (Lipinski definition) is 1. The molecule has 2 aliphatic rings. The van der Waals surface area contributed by atoms with E-state index in [-0.39, 0.29) is 17.4 Å². The zero-order valence-electron chi connectivity index (χ0n) is 23.2. The van der Waals surface area contributed by atoms with Gasteiger partial charge in [-0.3, -0.25) is 14.9 Å². The van der Waals surface area contributed by atoms with E-state index < -0.39 is 4.92 Å². The Morgan fingerprint density at radius 1 is 1.02 bits per heavy atom. The topological polar surface area (TPSA) is 122 Å². The summed E-state index contributed by atoms with van der Waals surface area (Å²) in [5.41, 5.74) is 4.97. The van der Waals surface area contributed by atoms with E-state index in [1.165, 1.54) is 35.6 Å². The summed E-state index contributed by atoms with van der Waals surface area (Å²) >= 11 is 1.34. The van der Waals surface area contributed by atoms with Gasteiger partial charge in [0.2, 0.25) is 11.0 Å². The fourth-order valence-corrected chi connectivity index (χ4v) is 6.28. The van der Waals surface area contributed by atoms with Crippen LogP contribution in [0.4, 0.5) is 26.6 Å². The summed E-state index contributed by atoms with van der Waals surface area (Å²) in [6.45, 7) is 4.16. The zero-order chi connectivity index (χ0) is 29.7. The molecule has 13 heteroatoms. The van der Waals surface area contributed by atoms with Crippen LogP contribution in [0.3, 0.4) is 0 Å². The van der Waals surface area contributed by atoms with Crippen LogP contribution >= 0.6 is 11.3 Å². The molecule has 3 aromatic carbocycles. The van der Waals surface area contributed by atoms with Crippen LogP contribution < -0.4 is 10.2 Å². The first-order valence-corrected chi connectivity index (χ1v) is 14.8. The molecule has 0 spiro atoms. The predicted octanol–water partition coefficient (Wildman–Crippen LogP) is 6.02. The maximum atomic E-state index is 14.2. The van der Waals surface area contributed by atoms with Gasteiger partial charge in [0.1, 0.15) is 16.6 Å². The summed E-state index contributed by atoms with van der Waals surface area (Å²) in [7, 11) is 0. The average Bonchev–Trinajstić information content (AvgIpc) is 3.62. The average molecular weight is 599 g/mol.